The summed E-state index contributed by atoms with van der Waals surface area (Å²) in [5, 5.41) is 3.71. The minimum atomic E-state index is 0. The zero-order valence-corrected chi connectivity index (χ0v) is 17.1. The monoisotopic (exact) mass is 425 g/mol. The van der Waals surface area contributed by atoms with E-state index in [1.807, 2.05) is 6.92 Å². The molecule has 0 saturated carbocycles. The van der Waals surface area contributed by atoms with Crippen molar-refractivity contribution in [2.75, 3.05) is 13.7 Å². The Morgan fingerprint density at radius 3 is 2.80 bits per heavy atom. The quantitative estimate of drug-likeness (QED) is 0.666. The van der Waals surface area contributed by atoms with Crippen molar-refractivity contribution in [3.05, 3.63) is 57.6 Å². The average Bonchev–Trinajstić information content (AvgIpc) is 2.60. The maximum absolute atomic E-state index is 5.71. The van der Waals surface area contributed by atoms with Crippen molar-refractivity contribution >= 4 is 28.3 Å². The lowest BCUT2D eigenvalue weighted by molar-refractivity contribution is 0.309. The molecule has 0 amide bonds. The number of ether oxygens (including phenoxy) is 2. The van der Waals surface area contributed by atoms with E-state index < -0.39 is 0 Å². The molecule has 0 spiro atoms. The molecule has 0 bridgehead atoms. The maximum Gasteiger partial charge on any atom is 0.174 e. The summed E-state index contributed by atoms with van der Waals surface area (Å²) in [6.45, 7) is 3.41. The van der Waals surface area contributed by atoms with Gasteiger partial charge >= 0.3 is 0 Å². The number of hydrogen-bond acceptors (Lipinski definition) is 3. The smallest absolute Gasteiger partial charge is 0.174 e. The summed E-state index contributed by atoms with van der Waals surface area (Å²) in [5.74, 6) is 1.54. The number of aryl methyl sites for hydroxylation is 1. The molecule has 25 heavy (non-hydrogen) atoms. The minimum absolute atomic E-state index is 0. The summed E-state index contributed by atoms with van der Waals surface area (Å²) in [5.41, 5.74) is 4.11. The van der Waals surface area contributed by atoms with Crippen LogP contribution < -0.4 is 14.8 Å². The van der Waals surface area contributed by atoms with Crippen LogP contribution in [0.5, 0.6) is 11.5 Å². The normalized spacial score (nSPS) is 15.9. The summed E-state index contributed by atoms with van der Waals surface area (Å²) >= 11 is 3.59. The maximum atomic E-state index is 5.71. The molecule has 0 aliphatic heterocycles. The van der Waals surface area contributed by atoms with E-state index >= 15 is 0 Å². The summed E-state index contributed by atoms with van der Waals surface area (Å²) in [7, 11) is 1.67. The lowest BCUT2D eigenvalue weighted by Gasteiger charge is -2.26. The summed E-state index contributed by atoms with van der Waals surface area (Å²) in [4.78, 5) is 0. The SMILES string of the molecule is CCOc1cc(CNC2CCCc3ccccc32)cc(Br)c1OC.Cl. The Hall–Kier alpha value is -1.23. The molecule has 1 N–H and O–H groups in total. The highest BCUT2D eigenvalue weighted by atomic mass is 79.9. The fraction of sp³-hybridized carbons (Fsp3) is 0.400. The van der Waals surface area contributed by atoms with Crippen molar-refractivity contribution in [3.8, 4) is 11.5 Å². The predicted octanol–water partition coefficient (Wildman–Crippen LogP) is 5.45. The molecule has 0 saturated heterocycles. The van der Waals surface area contributed by atoms with Gasteiger partial charge in [-0.2, -0.15) is 0 Å². The lowest BCUT2D eigenvalue weighted by Crippen LogP contribution is -2.24. The van der Waals surface area contributed by atoms with Crippen LogP contribution in [-0.2, 0) is 13.0 Å². The van der Waals surface area contributed by atoms with Crippen LogP contribution in [0.3, 0.4) is 0 Å². The van der Waals surface area contributed by atoms with Crippen LogP contribution in [0.25, 0.3) is 0 Å². The van der Waals surface area contributed by atoms with Crippen molar-refractivity contribution in [1.82, 2.24) is 5.32 Å². The van der Waals surface area contributed by atoms with Crippen LogP contribution in [0.1, 0.15) is 42.5 Å². The second-order valence-electron chi connectivity index (χ2n) is 6.07. The van der Waals surface area contributed by atoms with Gasteiger partial charge < -0.3 is 14.8 Å². The minimum Gasteiger partial charge on any atom is -0.492 e. The molecule has 3 rings (SSSR count). The van der Waals surface area contributed by atoms with Crippen LogP contribution in [-0.4, -0.2) is 13.7 Å². The van der Waals surface area contributed by atoms with Crippen molar-refractivity contribution in [1.29, 1.82) is 0 Å². The van der Waals surface area contributed by atoms with Gasteiger partial charge in [0.15, 0.2) is 11.5 Å². The lowest BCUT2D eigenvalue weighted by atomic mass is 9.87. The highest BCUT2D eigenvalue weighted by Gasteiger charge is 2.19. The molecule has 2 aromatic rings. The van der Waals surface area contributed by atoms with Crippen LogP contribution in [0, 0.1) is 0 Å². The van der Waals surface area contributed by atoms with E-state index in [0.29, 0.717) is 12.6 Å². The Labute approximate surface area is 164 Å². The third-order valence-corrected chi connectivity index (χ3v) is 5.08. The first kappa shape index (κ1) is 20.1. The van der Waals surface area contributed by atoms with Crippen molar-refractivity contribution < 1.29 is 9.47 Å². The van der Waals surface area contributed by atoms with Gasteiger partial charge in [0, 0.05) is 12.6 Å². The van der Waals surface area contributed by atoms with E-state index in [1.165, 1.54) is 36.0 Å². The molecule has 1 atom stereocenters. The van der Waals surface area contributed by atoms with Gasteiger partial charge in [-0.15, -0.1) is 12.4 Å². The Morgan fingerprint density at radius 1 is 1.24 bits per heavy atom. The summed E-state index contributed by atoms with van der Waals surface area (Å²) in [6.07, 6.45) is 3.62. The van der Waals surface area contributed by atoms with Crippen LogP contribution in [0.15, 0.2) is 40.9 Å². The van der Waals surface area contributed by atoms with Gasteiger partial charge in [-0.25, -0.2) is 0 Å². The fourth-order valence-electron chi connectivity index (χ4n) is 3.39. The first-order chi connectivity index (χ1) is 11.7. The third kappa shape index (κ3) is 4.69. The van der Waals surface area contributed by atoms with Crippen LogP contribution in [0.4, 0.5) is 0 Å². The largest absolute Gasteiger partial charge is 0.492 e. The Balaban J connectivity index is 0.00000225. The van der Waals surface area contributed by atoms with Gasteiger partial charge in [-0.3, -0.25) is 0 Å². The van der Waals surface area contributed by atoms with E-state index in [4.69, 9.17) is 9.47 Å². The second kappa shape index (κ2) is 9.46. The number of hydrogen-bond donors (Lipinski definition) is 1. The van der Waals surface area contributed by atoms with Crippen LogP contribution >= 0.6 is 28.3 Å². The van der Waals surface area contributed by atoms with Gasteiger partial charge in [0.1, 0.15) is 0 Å². The zero-order valence-electron chi connectivity index (χ0n) is 14.7. The molecule has 5 heteroatoms. The van der Waals surface area contributed by atoms with Gasteiger partial charge in [0.05, 0.1) is 18.2 Å². The Morgan fingerprint density at radius 2 is 2.04 bits per heavy atom. The Kier molecular flexibility index (Phi) is 7.60. The standard InChI is InChI=1S/C20H24BrNO2.ClH/c1-3-24-19-12-14(11-17(21)20(19)23-2)13-22-18-10-6-8-15-7-4-5-9-16(15)18;/h4-5,7,9,11-12,18,22H,3,6,8,10,13H2,1-2H3;1H. The summed E-state index contributed by atoms with van der Waals surface area (Å²) in [6, 6.07) is 13.4. The molecule has 3 nitrogen and oxygen atoms in total. The molecular formula is C20H25BrClNO2. The van der Waals surface area contributed by atoms with Gasteiger partial charge in [0.25, 0.3) is 0 Å². The molecule has 136 valence electrons. The van der Waals surface area contributed by atoms with Gasteiger partial charge in [-0.1, -0.05) is 24.3 Å². The van der Waals surface area contributed by atoms with E-state index in [2.05, 4.69) is 57.6 Å². The molecule has 1 aliphatic rings. The highest BCUT2D eigenvalue weighted by Crippen LogP contribution is 2.37. The third-order valence-electron chi connectivity index (χ3n) is 4.50. The highest BCUT2D eigenvalue weighted by molar-refractivity contribution is 9.10. The Bertz CT molecular complexity index is 708. The number of halogens is 2. The number of rotatable bonds is 6. The van der Waals surface area contributed by atoms with Crippen molar-refractivity contribution in [2.45, 2.75) is 38.8 Å². The topological polar surface area (TPSA) is 30.5 Å². The number of fused-ring (bicyclic) bond motifs is 1. The molecule has 0 heterocycles. The zero-order chi connectivity index (χ0) is 16.9. The number of benzene rings is 2. The first-order valence-corrected chi connectivity index (χ1v) is 9.32. The second-order valence-corrected chi connectivity index (χ2v) is 6.92. The van der Waals surface area contributed by atoms with Crippen molar-refractivity contribution in [2.24, 2.45) is 0 Å². The molecule has 0 radical (unpaired) electrons. The molecule has 2 aromatic carbocycles. The molecule has 1 aliphatic carbocycles. The summed E-state index contributed by atoms with van der Waals surface area (Å²) < 4.78 is 12.1. The predicted molar refractivity (Wildman–Crippen MR) is 108 cm³/mol. The average molecular weight is 427 g/mol. The van der Waals surface area contributed by atoms with E-state index in [1.54, 1.807) is 7.11 Å². The first-order valence-electron chi connectivity index (χ1n) is 8.53. The van der Waals surface area contributed by atoms with E-state index in [-0.39, 0.29) is 12.4 Å². The fourth-order valence-corrected chi connectivity index (χ4v) is 4.04. The van der Waals surface area contributed by atoms with Gasteiger partial charge in [-0.05, 0) is 70.9 Å². The number of methoxy groups -OCH3 is 1. The molecule has 1 unspecified atom stereocenters. The van der Waals surface area contributed by atoms with E-state index in [9.17, 15) is 0 Å². The van der Waals surface area contributed by atoms with Crippen LogP contribution in [0.2, 0.25) is 0 Å². The van der Waals surface area contributed by atoms with E-state index in [0.717, 1.165) is 22.5 Å². The van der Waals surface area contributed by atoms with Gasteiger partial charge in [0.2, 0.25) is 0 Å². The molecule has 0 fully saturated rings. The molecule has 0 aromatic heterocycles. The molecular weight excluding hydrogens is 402 g/mol. The number of nitrogens with one attached hydrogen (secondary N) is 1. The van der Waals surface area contributed by atoms with Crippen molar-refractivity contribution in [3.63, 3.8) is 0 Å².